The minimum absolute atomic E-state index is 0.260. The van der Waals surface area contributed by atoms with Gasteiger partial charge in [-0.2, -0.15) is 0 Å². The van der Waals surface area contributed by atoms with Gasteiger partial charge in [-0.15, -0.1) is 0 Å². The molecule has 2 rings (SSSR count). The predicted octanol–water partition coefficient (Wildman–Crippen LogP) is 2.46. The summed E-state index contributed by atoms with van der Waals surface area (Å²) in [6, 6.07) is 0. The molecule has 0 atom stereocenters. The second-order valence-corrected chi connectivity index (χ2v) is 6.35. The number of hydrogen-bond donors (Lipinski definition) is 2. The molecule has 1 amide bonds. The van der Waals surface area contributed by atoms with Crippen molar-refractivity contribution >= 4 is 5.91 Å². The zero-order valence-corrected chi connectivity index (χ0v) is 11.8. The maximum absolute atomic E-state index is 11.8. The average molecular weight is 252 g/mol. The second-order valence-electron chi connectivity index (χ2n) is 6.35. The number of carbonyl (C=O) groups excluding carboxylic acids is 1. The minimum Gasteiger partial charge on any atom is -0.355 e. The summed E-state index contributed by atoms with van der Waals surface area (Å²) in [6.45, 7) is 1.91. The molecular formula is C15H28N2O. The van der Waals surface area contributed by atoms with Gasteiger partial charge in [0, 0.05) is 24.9 Å². The van der Waals surface area contributed by atoms with Gasteiger partial charge in [0.2, 0.25) is 5.91 Å². The van der Waals surface area contributed by atoms with Crippen LogP contribution >= 0.6 is 0 Å². The van der Waals surface area contributed by atoms with Crippen LogP contribution in [0.3, 0.4) is 0 Å². The summed E-state index contributed by atoms with van der Waals surface area (Å²) < 4.78 is 0. The Morgan fingerprint density at radius 2 is 1.94 bits per heavy atom. The van der Waals surface area contributed by atoms with Crippen molar-refractivity contribution in [3.63, 3.8) is 0 Å². The summed E-state index contributed by atoms with van der Waals surface area (Å²) >= 11 is 0. The van der Waals surface area contributed by atoms with Gasteiger partial charge in [-0.25, -0.2) is 0 Å². The van der Waals surface area contributed by atoms with Crippen molar-refractivity contribution in [2.75, 3.05) is 20.1 Å². The van der Waals surface area contributed by atoms with E-state index in [1.807, 2.05) is 7.05 Å². The van der Waals surface area contributed by atoms with Crippen molar-refractivity contribution in [1.29, 1.82) is 0 Å². The molecular weight excluding hydrogens is 224 g/mol. The topological polar surface area (TPSA) is 41.1 Å². The minimum atomic E-state index is 0.260. The van der Waals surface area contributed by atoms with Crippen molar-refractivity contribution in [2.45, 2.75) is 57.8 Å². The van der Waals surface area contributed by atoms with E-state index in [1.165, 1.54) is 44.9 Å². The zero-order chi connectivity index (χ0) is 12.8. The molecule has 2 N–H and O–H groups in total. The van der Waals surface area contributed by atoms with Gasteiger partial charge in [-0.3, -0.25) is 4.79 Å². The van der Waals surface area contributed by atoms with E-state index in [1.54, 1.807) is 0 Å². The Kier molecular flexibility index (Phi) is 5.04. The van der Waals surface area contributed by atoms with Crippen molar-refractivity contribution in [3.05, 3.63) is 0 Å². The largest absolute Gasteiger partial charge is 0.355 e. The summed E-state index contributed by atoms with van der Waals surface area (Å²) in [5, 5.41) is 6.34. The number of amides is 1. The van der Waals surface area contributed by atoms with Crippen LogP contribution in [0.2, 0.25) is 0 Å². The number of rotatable bonds is 8. The summed E-state index contributed by atoms with van der Waals surface area (Å²) in [4.78, 5) is 11.8. The Bertz CT molecular complexity index is 268. The Hall–Kier alpha value is -0.570. The van der Waals surface area contributed by atoms with Crippen molar-refractivity contribution < 1.29 is 4.79 Å². The molecule has 0 heterocycles. The Balaban J connectivity index is 1.52. The molecule has 0 spiro atoms. The van der Waals surface area contributed by atoms with Crippen LogP contribution in [0.1, 0.15) is 57.8 Å². The first kappa shape index (κ1) is 13.9. The van der Waals surface area contributed by atoms with E-state index < -0.39 is 0 Å². The van der Waals surface area contributed by atoms with Gasteiger partial charge in [0.1, 0.15) is 0 Å². The average Bonchev–Trinajstić information content (AvgIpc) is 2.92. The number of nitrogens with one attached hydrogen (secondary N) is 2. The van der Waals surface area contributed by atoms with Crippen molar-refractivity contribution in [2.24, 2.45) is 11.3 Å². The third-order valence-electron chi connectivity index (χ3n) is 4.66. The lowest BCUT2D eigenvalue weighted by molar-refractivity contribution is -0.121. The van der Waals surface area contributed by atoms with Gasteiger partial charge >= 0.3 is 0 Å². The quantitative estimate of drug-likeness (QED) is 0.697. The van der Waals surface area contributed by atoms with E-state index >= 15 is 0 Å². The van der Waals surface area contributed by atoms with Crippen LogP contribution in [0, 0.1) is 11.3 Å². The molecule has 0 bridgehead atoms. The fourth-order valence-electron chi connectivity index (χ4n) is 3.19. The van der Waals surface area contributed by atoms with Crippen molar-refractivity contribution in [3.8, 4) is 0 Å². The molecule has 0 aliphatic heterocycles. The smallest absolute Gasteiger partial charge is 0.220 e. The number of carbonyl (C=O) groups is 1. The highest BCUT2D eigenvalue weighted by Gasteiger charge is 2.41. The maximum Gasteiger partial charge on any atom is 0.220 e. The van der Waals surface area contributed by atoms with Crippen LogP contribution in [0.15, 0.2) is 0 Å². The third-order valence-corrected chi connectivity index (χ3v) is 4.66. The first-order valence-corrected chi connectivity index (χ1v) is 7.65. The van der Waals surface area contributed by atoms with E-state index in [0.717, 1.165) is 31.8 Å². The van der Waals surface area contributed by atoms with Crippen LogP contribution in [0.5, 0.6) is 0 Å². The first-order valence-electron chi connectivity index (χ1n) is 7.65. The molecule has 2 aliphatic rings. The molecule has 0 radical (unpaired) electrons. The molecule has 2 fully saturated rings. The summed E-state index contributed by atoms with van der Waals surface area (Å²) in [6.07, 6.45) is 11.2. The predicted molar refractivity (Wildman–Crippen MR) is 74.4 cm³/mol. The fourth-order valence-corrected chi connectivity index (χ4v) is 3.19. The van der Waals surface area contributed by atoms with Gasteiger partial charge in [-0.1, -0.05) is 25.7 Å². The summed E-state index contributed by atoms with van der Waals surface area (Å²) in [7, 11) is 1.99. The summed E-state index contributed by atoms with van der Waals surface area (Å²) in [5.41, 5.74) is 0.385. The molecule has 2 aliphatic carbocycles. The molecule has 18 heavy (non-hydrogen) atoms. The maximum atomic E-state index is 11.8. The number of hydrogen-bond acceptors (Lipinski definition) is 2. The highest BCUT2D eigenvalue weighted by Crippen LogP contribution is 2.44. The molecule has 0 aromatic carbocycles. The van der Waals surface area contributed by atoms with Gasteiger partial charge in [0.25, 0.3) is 0 Å². The van der Waals surface area contributed by atoms with Gasteiger partial charge < -0.3 is 10.6 Å². The molecule has 0 aromatic heterocycles. The van der Waals surface area contributed by atoms with E-state index in [2.05, 4.69) is 10.6 Å². The molecule has 2 saturated carbocycles. The molecule has 0 unspecified atom stereocenters. The van der Waals surface area contributed by atoms with E-state index in [-0.39, 0.29) is 5.91 Å². The van der Waals surface area contributed by atoms with Gasteiger partial charge in [0.05, 0.1) is 0 Å². The molecule has 0 aromatic rings. The SMILES string of the molecule is CNCC1(CNC(=O)CCCC2CCCC2)CC1. The monoisotopic (exact) mass is 252 g/mol. The summed E-state index contributed by atoms with van der Waals surface area (Å²) in [5.74, 6) is 1.17. The van der Waals surface area contributed by atoms with Gasteiger partial charge in [-0.05, 0) is 38.6 Å². The Morgan fingerprint density at radius 1 is 1.22 bits per heavy atom. The lowest BCUT2D eigenvalue weighted by atomic mass is 10.0. The van der Waals surface area contributed by atoms with Gasteiger partial charge in [0.15, 0.2) is 0 Å². The first-order chi connectivity index (χ1) is 8.74. The molecule has 3 nitrogen and oxygen atoms in total. The second kappa shape index (κ2) is 6.55. The van der Waals surface area contributed by atoms with Crippen LogP contribution < -0.4 is 10.6 Å². The van der Waals surface area contributed by atoms with E-state index in [4.69, 9.17) is 0 Å². The lowest BCUT2D eigenvalue weighted by Crippen LogP contribution is -2.34. The Morgan fingerprint density at radius 3 is 2.56 bits per heavy atom. The third kappa shape index (κ3) is 4.27. The van der Waals surface area contributed by atoms with E-state index in [0.29, 0.717) is 5.41 Å². The van der Waals surface area contributed by atoms with Crippen LogP contribution in [-0.2, 0) is 4.79 Å². The molecule has 3 heteroatoms. The highest BCUT2D eigenvalue weighted by molar-refractivity contribution is 5.75. The van der Waals surface area contributed by atoms with Crippen molar-refractivity contribution in [1.82, 2.24) is 10.6 Å². The standard InChI is InChI=1S/C15H28N2O/c1-16-11-15(9-10-15)12-17-14(18)8-4-7-13-5-2-3-6-13/h13,16H,2-12H2,1H3,(H,17,18). The van der Waals surface area contributed by atoms with E-state index in [9.17, 15) is 4.79 Å². The van der Waals surface area contributed by atoms with Crippen LogP contribution in [-0.4, -0.2) is 26.0 Å². The van der Waals surface area contributed by atoms with Crippen LogP contribution in [0.25, 0.3) is 0 Å². The fraction of sp³-hybridized carbons (Fsp3) is 0.933. The normalized spacial score (nSPS) is 22.1. The highest BCUT2D eigenvalue weighted by atomic mass is 16.1. The zero-order valence-electron chi connectivity index (χ0n) is 11.8. The lowest BCUT2D eigenvalue weighted by Gasteiger charge is -2.15. The molecule has 0 saturated heterocycles. The Labute approximate surface area is 111 Å². The molecule has 104 valence electrons. The van der Waals surface area contributed by atoms with Crippen LogP contribution in [0.4, 0.5) is 0 Å².